The van der Waals surface area contributed by atoms with Crippen LogP contribution in [0.2, 0.25) is 0 Å². The highest BCUT2D eigenvalue weighted by atomic mass is 32.1. The third-order valence-electron chi connectivity index (χ3n) is 7.77. The molecule has 2 saturated heterocycles. The molecule has 0 radical (unpaired) electrons. The number of hydrogen-bond acceptors (Lipinski definition) is 9. The fourth-order valence-electron chi connectivity index (χ4n) is 5.66. The predicted molar refractivity (Wildman–Crippen MR) is 155 cm³/mol. The smallest absolute Gasteiger partial charge is 0.266 e. The summed E-state index contributed by atoms with van der Waals surface area (Å²) in [5.74, 6) is 0.647. The highest BCUT2D eigenvalue weighted by molar-refractivity contribution is 7.09. The number of aryl methyl sites for hydroxylation is 1. The van der Waals surface area contributed by atoms with Crippen molar-refractivity contribution in [3.8, 4) is 11.6 Å². The number of pyridine rings is 1. The van der Waals surface area contributed by atoms with Crippen LogP contribution in [-0.4, -0.2) is 49.5 Å². The molecule has 4 aromatic rings. The summed E-state index contributed by atoms with van der Waals surface area (Å²) in [6.07, 6.45) is 3.41. The highest BCUT2D eigenvalue weighted by Gasteiger charge is 2.36. The predicted octanol–water partition coefficient (Wildman–Crippen LogP) is 4.81. The fraction of sp³-hybridized carbons (Fsp3) is 0.400. The highest BCUT2D eigenvalue weighted by Crippen LogP contribution is 2.36. The van der Waals surface area contributed by atoms with Gasteiger partial charge in [0.1, 0.15) is 16.5 Å². The summed E-state index contributed by atoms with van der Waals surface area (Å²) in [6, 6.07) is 13.1. The van der Waals surface area contributed by atoms with Gasteiger partial charge in [0, 0.05) is 35.6 Å². The van der Waals surface area contributed by atoms with Crippen molar-refractivity contribution < 1.29 is 14.0 Å². The first-order valence-electron chi connectivity index (χ1n) is 13.9. The summed E-state index contributed by atoms with van der Waals surface area (Å²) in [4.78, 5) is 39.8. The standard InChI is InChI=1S/C30H33N7O3S/c1-18-17-41-27(32-18)23-10-7-13-36(23)28(39)21-14-22(33-24(15-21)37-19(2)11-12-25(37)38)26-34-35-29(40-26)30(3,31)16-20-8-5-4-6-9-20/h4-6,8-9,14-15,17,19,23H,7,10-13,16,31H2,1-3H3. The lowest BCUT2D eigenvalue weighted by Crippen LogP contribution is -2.35. The van der Waals surface area contributed by atoms with Gasteiger partial charge in [0.05, 0.1) is 11.6 Å². The third-order valence-corrected chi connectivity index (χ3v) is 8.84. The third kappa shape index (κ3) is 5.39. The Bertz CT molecular complexity index is 1580. The van der Waals surface area contributed by atoms with E-state index in [0.29, 0.717) is 36.5 Å². The van der Waals surface area contributed by atoms with Gasteiger partial charge in [-0.05, 0) is 64.2 Å². The van der Waals surface area contributed by atoms with E-state index >= 15 is 0 Å². The molecule has 0 bridgehead atoms. The summed E-state index contributed by atoms with van der Waals surface area (Å²) in [5, 5.41) is 11.5. The SMILES string of the molecule is Cc1csc(C2CCCN2C(=O)c2cc(-c3nnc(C(C)(N)Cc4ccccc4)o3)nc(N3C(=O)CCC3C)c2)n1. The van der Waals surface area contributed by atoms with Gasteiger partial charge in [-0.25, -0.2) is 9.97 Å². The normalized spacial score (nSPS) is 20.5. The van der Waals surface area contributed by atoms with E-state index in [9.17, 15) is 9.59 Å². The molecule has 0 aliphatic carbocycles. The zero-order valence-corrected chi connectivity index (χ0v) is 24.2. The molecule has 212 valence electrons. The molecule has 2 aliphatic heterocycles. The lowest BCUT2D eigenvalue weighted by atomic mass is 9.94. The Morgan fingerprint density at radius 3 is 2.68 bits per heavy atom. The summed E-state index contributed by atoms with van der Waals surface area (Å²) in [7, 11) is 0. The van der Waals surface area contributed by atoms with Crippen molar-refractivity contribution in [2.75, 3.05) is 11.4 Å². The Kier molecular flexibility index (Phi) is 7.16. The second kappa shape index (κ2) is 10.8. The van der Waals surface area contributed by atoms with Gasteiger partial charge in [0.2, 0.25) is 11.8 Å². The number of likely N-dealkylation sites (tertiary alicyclic amines) is 1. The van der Waals surface area contributed by atoms with E-state index in [4.69, 9.17) is 15.1 Å². The zero-order chi connectivity index (χ0) is 28.7. The Hall–Kier alpha value is -3.96. The van der Waals surface area contributed by atoms with Crippen LogP contribution in [0.3, 0.4) is 0 Å². The molecular formula is C30H33N7O3S. The molecule has 0 saturated carbocycles. The Morgan fingerprint density at radius 1 is 1.17 bits per heavy atom. The number of amides is 2. The second-order valence-corrected chi connectivity index (χ2v) is 12.1. The summed E-state index contributed by atoms with van der Waals surface area (Å²) in [6.45, 7) is 6.41. The van der Waals surface area contributed by atoms with Crippen LogP contribution < -0.4 is 10.6 Å². The Labute approximate surface area is 242 Å². The van der Waals surface area contributed by atoms with Crippen LogP contribution in [0.25, 0.3) is 11.6 Å². The molecule has 1 aromatic carbocycles. The second-order valence-electron chi connectivity index (χ2n) is 11.2. The van der Waals surface area contributed by atoms with E-state index in [1.807, 2.05) is 61.4 Å². The number of benzene rings is 1. The van der Waals surface area contributed by atoms with Crippen molar-refractivity contribution >= 4 is 29.0 Å². The lowest BCUT2D eigenvalue weighted by Gasteiger charge is -2.25. The topological polar surface area (TPSA) is 131 Å². The van der Waals surface area contributed by atoms with Gasteiger partial charge in [-0.2, -0.15) is 0 Å². The average Bonchev–Trinajstić information content (AvgIpc) is 3.76. The molecule has 0 spiro atoms. The molecule has 2 amide bonds. The molecule has 2 N–H and O–H groups in total. The largest absolute Gasteiger partial charge is 0.417 e. The van der Waals surface area contributed by atoms with Crippen LogP contribution in [0.1, 0.15) is 78.1 Å². The first-order chi connectivity index (χ1) is 19.7. The minimum atomic E-state index is -0.920. The molecule has 10 nitrogen and oxygen atoms in total. The minimum Gasteiger partial charge on any atom is -0.417 e. The minimum absolute atomic E-state index is 0.0264. The number of aromatic nitrogens is 4. The van der Waals surface area contributed by atoms with E-state index in [2.05, 4.69) is 15.2 Å². The lowest BCUT2D eigenvalue weighted by molar-refractivity contribution is -0.117. The Balaban J connectivity index is 1.36. The van der Waals surface area contributed by atoms with Gasteiger partial charge in [0.25, 0.3) is 11.8 Å². The van der Waals surface area contributed by atoms with Gasteiger partial charge in [-0.1, -0.05) is 30.3 Å². The van der Waals surface area contributed by atoms with Crippen LogP contribution in [-0.2, 0) is 16.8 Å². The summed E-state index contributed by atoms with van der Waals surface area (Å²) >= 11 is 1.58. The molecule has 11 heteroatoms. The van der Waals surface area contributed by atoms with Gasteiger partial charge >= 0.3 is 0 Å². The van der Waals surface area contributed by atoms with Crippen molar-refractivity contribution in [2.45, 2.75) is 70.5 Å². The summed E-state index contributed by atoms with van der Waals surface area (Å²) in [5.41, 5.74) is 8.44. The number of nitrogens with two attached hydrogens (primary N) is 1. The first-order valence-corrected chi connectivity index (χ1v) is 14.8. The number of nitrogens with zero attached hydrogens (tertiary/aromatic N) is 6. The molecule has 6 rings (SSSR count). The monoisotopic (exact) mass is 571 g/mol. The number of rotatable bonds is 7. The molecule has 41 heavy (non-hydrogen) atoms. The van der Waals surface area contributed by atoms with Crippen molar-refractivity contribution in [2.24, 2.45) is 5.73 Å². The molecule has 3 unspecified atom stereocenters. The van der Waals surface area contributed by atoms with Gasteiger partial charge in [0.15, 0.2) is 0 Å². The molecule has 3 aromatic heterocycles. The van der Waals surface area contributed by atoms with E-state index < -0.39 is 5.54 Å². The van der Waals surface area contributed by atoms with Crippen molar-refractivity contribution in [3.63, 3.8) is 0 Å². The van der Waals surface area contributed by atoms with Crippen molar-refractivity contribution in [1.82, 2.24) is 25.1 Å². The maximum Gasteiger partial charge on any atom is 0.266 e. The number of carbonyl (C=O) groups excluding carboxylic acids is 2. The van der Waals surface area contributed by atoms with Gasteiger partial charge in [-0.3, -0.25) is 14.5 Å². The number of anilines is 1. The fourth-order valence-corrected chi connectivity index (χ4v) is 6.61. The molecule has 5 heterocycles. The van der Waals surface area contributed by atoms with Crippen LogP contribution in [0, 0.1) is 6.92 Å². The number of hydrogen-bond donors (Lipinski definition) is 1. The average molecular weight is 572 g/mol. The first kappa shape index (κ1) is 27.2. The molecular weight excluding hydrogens is 538 g/mol. The zero-order valence-electron chi connectivity index (χ0n) is 23.4. The van der Waals surface area contributed by atoms with E-state index in [1.54, 1.807) is 28.4 Å². The van der Waals surface area contributed by atoms with E-state index in [-0.39, 0.29) is 35.7 Å². The quantitative estimate of drug-likeness (QED) is 0.334. The van der Waals surface area contributed by atoms with Crippen molar-refractivity contribution in [1.29, 1.82) is 0 Å². The van der Waals surface area contributed by atoms with Gasteiger partial charge in [-0.15, -0.1) is 21.5 Å². The van der Waals surface area contributed by atoms with Crippen LogP contribution in [0.4, 0.5) is 5.82 Å². The van der Waals surface area contributed by atoms with Crippen LogP contribution in [0.5, 0.6) is 0 Å². The maximum atomic E-state index is 14.0. The maximum absolute atomic E-state index is 14.0. The van der Waals surface area contributed by atoms with Crippen LogP contribution >= 0.6 is 11.3 Å². The summed E-state index contributed by atoms with van der Waals surface area (Å²) < 4.78 is 6.09. The van der Waals surface area contributed by atoms with E-state index in [1.165, 1.54) is 0 Å². The van der Waals surface area contributed by atoms with Crippen LogP contribution in [0.15, 0.2) is 52.3 Å². The van der Waals surface area contributed by atoms with Gasteiger partial charge < -0.3 is 15.1 Å². The van der Waals surface area contributed by atoms with E-state index in [0.717, 1.165) is 35.5 Å². The number of thiazole rings is 1. The Morgan fingerprint density at radius 2 is 1.98 bits per heavy atom. The molecule has 2 aliphatic rings. The molecule has 2 fully saturated rings. The molecule has 3 atom stereocenters. The van der Waals surface area contributed by atoms with Crippen molar-refractivity contribution in [3.05, 3.63) is 75.6 Å². The number of carbonyl (C=O) groups is 2.